The second-order valence-corrected chi connectivity index (χ2v) is 4.10. The molecule has 0 saturated carbocycles. The number of carbonyl (C=O) groups is 2. The van der Waals surface area contributed by atoms with Gasteiger partial charge in [-0.15, -0.1) is 0 Å². The Labute approximate surface area is 121 Å². The summed E-state index contributed by atoms with van der Waals surface area (Å²) in [5.74, 6) is -0.824. The number of ether oxygens (including phenoxy) is 1. The molecule has 0 aliphatic rings. The predicted octanol–water partition coefficient (Wildman–Crippen LogP) is 2.42. The van der Waals surface area contributed by atoms with Crippen molar-refractivity contribution in [3.63, 3.8) is 0 Å². The SMILES string of the molecule is O=C(/C=C/c1ccccc1OC(=O)c1ccccc1)NO. The van der Waals surface area contributed by atoms with Crippen molar-refractivity contribution in [2.24, 2.45) is 0 Å². The number of hydrogen-bond acceptors (Lipinski definition) is 4. The van der Waals surface area contributed by atoms with E-state index < -0.39 is 11.9 Å². The quantitative estimate of drug-likeness (QED) is 0.297. The van der Waals surface area contributed by atoms with Crippen molar-refractivity contribution in [2.45, 2.75) is 0 Å². The molecule has 21 heavy (non-hydrogen) atoms. The van der Waals surface area contributed by atoms with Crippen molar-refractivity contribution in [1.29, 1.82) is 0 Å². The molecule has 0 bridgehead atoms. The smallest absolute Gasteiger partial charge is 0.343 e. The molecule has 106 valence electrons. The molecule has 0 aliphatic carbocycles. The number of rotatable bonds is 4. The number of carbonyl (C=O) groups excluding carboxylic acids is 2. The van der Waals surface area contributed by atoms with Gasteiger partial charge < -0.3 is 4.74 Å². The van der Waals surface area contributed by atoms with E-state index in [9.17, 15) is 9.59 Å². The van der Waals surface area contributed by atoms with Crippen LogP contribution in [0, 0.1) is 0 Å². The lowest BCUT2D eigenvalue weighted by molar-refractivity contribution is -0.124. The number of para-hydroxylation sites is 1. The van der Waals surface area contributed by atoms with Crippen LogP contribution in [0.15, 0.2) is 60.7 Å². The van der Waals surface area contributed by atoms with Gasteiger partial charge in [-0.25, -0.2) is 10.3 Å². The maximum atomic E-state index is 12.0. The highest BCUT2D eigenvalue weighted by molar-refractivity contribution is 5.93. The molecule has 0 aliphatic heterocycles. The molecule has 0 fully saturated rings. The van der Waals surface area contributed by atoms with Gasteiger partial charge in [0.25, 0.3) is 5.91 Å². The summed E-state index contributed by atoms with van der Waals surface area (Å²) in [5.41, 5.74) is 2.47. The first-order chi connectivity index (χ1) is 10.2. The number of esters is 1. The number of nitrogens with one attached hydrogen (secondary N) is 1. The number of hydroxylamine groups is 1. The molecule has 0 aromatic heterocycles. The fraction of sp³-hybridized carbons (Fsp3) is 0. The standard InChI is InChI=1S/C16H13NO4/c18-15(17-20)11-10-12-6-4-5-9-14(12)21-16(19)13-7-2-1-3-8-13/h1-11,20H,(H,17,18)/b11-10+. The Balaban J connectivity index is 2.19. The van der Waals surface area contributed by atoms with E-state index >= 15 is 0 Å². The monoisotopic (exact) mass is 283 g/mol. The van der Waals surface area contributed by atoms with E-state index in [1.54, 1.807) is 54.6 Å². The summed E-state index contributed by atoms with van der Waals surface area (Å²) in [7, 11) is 0. The number of amides is 1. The Kier molecular flexibility index (Phi) is 4.84. The zero-order chi connectivity index (χ0) is 15.1. The molecule has 2 rings (SSSR count). The Bertz CT molecular complexity index is 665. The summed E-state index contributed by atoms with van der Waals surface area (Å²) < 4.78 is 5.31. The first-order valence-electron chi connectivity index (χ1n) is 6.19. The fourth-order valence-electron chi connectivity index (χ4n) is 1.65. The Morgan fingerprint density at radius 3 is 2.38 bits per heavy atom. The minimum atomic E-state index is -0.667. The lowest BCUT2D eigenvalue weighted by Gasteiger charge is -2.07. The highest BCUT2D eigenvalue weighted by Gasteiger charge is 2.09. The zero-order valence-corrected chi connectivity index (χ0v) is 11.0. The highest BCUT2D eigenvalue weighted by Crippen LogP contribution is 2.20. The lowest BCUT2D eigenvalue weighted by Crippen LogP contribution is -2.14. The summed E-state index contributed by atoms with van der Waals surface area (Å²) >= 11 is 0. The topological polar surface area (TPSA) is 75.6 Å². The summed E-state index contributed by atoms with van der Waals surface area (Å²) in [6.07, 6.45) is 2.58. The van der Waals surface area contributed by atoms with Crippen LogP contribution in [0.3, 0.4) is 0 Å². The van der Waals surface area contributed by atoms with E-state index in [0.717, 1.165) is 6.08 Å². The van der Waals surface area contributed by atoms with Gasteiger partial charge in [-0.05, 0) is 24.3 Å². The molecule has 0 spiro atoms. The van der Waals surface area contributed by atoms with Crippen LogP contribution in [0.5, 0.6) is 5.75 Å². The van der Waals surface area contributed by atoms with Crippen LogP contribution in [0.25, 0.3) is 6.08 Å². The normalized spacial score (nSPS) is 10.3. The molecule has 0 heterocycles. The van der Waals surface area contributed by atoms with Gasteiger partial charge in [-0.1, -0.05) is 36.4 Å². The molecule has 1 amide bonds. The summed E-state index contributed by atoms with van der Waals surface area (Å²) in [4.78, 5) is 23.0. The van der Waals surface area contributed by atoms with Crippen LogP contribution in [0.2, 0.25) is 0 Å². The molecule has 0 unspecified atom stereocenters. The maximum Gasteiger partial charge on any atom is 0.343 e. The fourth-order valence-corrected chi connectivity index (χ4v) is 1.65. The van der Waals surface area contributed by atoms with Crippen LogP contribution in [0.4, 0.5) is 0 Å². The van der Waals surface area contributed by atoms with E-state index in [4.69, 9.17) is 9.94 Å². The molecule has 2 aromatic rings. The minimum absolute atomic E-state index is 0.327. The molecule has 2 aromatic carbocycles. The second-order valence-electron chi connectivity index (χ2n) is 4.10. The minimum Gasteiger partial charge on any atom is -0.422 e. The van der Waals surface area contributed by atoms with E-state index in [1.807, 2.05) is 0 Å². The van der Waals surface area contributed by atoms with E-state index in [2.05, 4.69) is 0 Å². The Morgan fingerprint density at radius 2 is 1.67 bits per heavy atom. The van der Waals surface area contributed by atoms with Crippen molar-refractivity contribution in [3.8, 4) is 5.75 Å². The van der Waals surface area contributed by atoms with Gasteiger partial charge in [0.2, 0.25) is 0 Å². The molecule has 5 heteroatoms. The molecule has 2 N–H and O–H groups in total. The molecule has 0 radical (unpaired) electrons. The third-order valence-electron chi connectivity index (χ3n) is 2.66. The largest absolute Gasteiger partial charge is 0.422 e. The zero-order valence-electron chi connectivity index (χ0n) is 11.0. The van der Waals surface area contributed by atoms with Gasteiger partial charge in [0, 0.05) is 11.6 Å². The van der Waals surface area contributed by atoms with Gasteiger partial charge in [-0.3, -0.25) is 10.0 Å². The van der Waals surface area contributed by atoms with Crippen molar-refractivity contribution in [2.75, 3.05) is 0 Å². The number of hydrogen-bond donors (Lipinski definition) is 2. The molecule has 5 nitrogen and oxygen atoms in total. The molecular weight excluding hydrogens is 270 g/mol. The average Bonchev–Trinajstić information content (AvgIpc) is 2.54. The van der Waals surface area contributed by atoms with E-state index in [1.165, 1.54) is 11.6 Å². The third kappa shape index (κ3) is 4.02. The molecule has 0 saturated heterocycles. The summed E-state index contributed by atoms with van der Waals surface area (Å²) in [6, 6.07) is 15.4. The van der Waals surface area contributed by atoms with Crippen LogP contribution in [-0.2, 0) is 4.79 Å². The lowest BCUT2D eigenvalue weighted by atomic mass is 10.2. The highest BCUT2D eigenvalue weighted by atomic mass is 16.5. The third-order valence-corrected chi connectivity index (χ3v) is 2.66. The van der Waals surface area contributed by atoms with E-state index in [-0.39, 0.29) is 0 Å². The van der Waals surface area contributed by atoms with Gasteiger partial charge in [-0.2, -0.15) is 0 Å². The van der Waals surface area contributed by atoms with Crippen LogP contribution in [-0.4, -0.2) is 17.1 Å². The second kappa shape index (κ2) is 7.02. The van der Waals surface area contributed by atoms with Gasteiger partial charge in [0.1, 0.15) is 5.75 Å². The first-order valence-corrected chi connectivity index (χ1v) is 6.19. The van der Waals surface area contributed by atoms with Gasteiger partial charge >= 0.3 is 5.97 Å². The van der Waals surface area contributed by atoms with Crippen molar-refractivity contribution >= 4 is 18.0 Å². The Hall–Kier alpha value is -2.92. The maximum absolute atomic E-state index is 12.0. The van der Waals surface area contributed by atoms with E-state index in [0.29, 0.717) is 16.9 Å². The van der Waals surface area contributed by atoms with Crippen LogP contribution in [0.1, 0.15) is 15.9 Å². The Morgan fingerprint density at radius 1 is 1.00 bits per heavy atom. The van der Waals surface area contributed by atoms with Gasteiger partial charge in [0.05, 0.1) is 5.56 Å². The first kappa shape index (κ1) is 14.5. The van der Waals surface area contributed by atoms with Crippen LogP contribution < -0.4 is 10.2 Å². The number of benzene rings is 2. The average molecular weight is 283 g/mol. The van der Waals surface area contributed by atoms with Crippen molar-refractivity contribution < 1.29 is 19.5 Å². The van der Waals surface area contributed by atoms with Crippen molar-refractivity contribution in [3.05, 3.63) is 71.8 Å². The summed E-state index contributed by atoms with van der Waals surface area (Å²) in [5, 5.41) is 8.44. The van der Waals surface area contributed by atoms with Crippen molar-refractivity contribution in [1.82, 2.24) is 5.48 Å². The van der Waals surface area contributed by atoms with Crippen LogP contribution >= 0.6 is 0 Å². The van der Waals surface area contributed by atoms with Gasteiger partial charge in [0.15, 0.2) is 0 Å². The molecule has 0 atom stereocenters. The summed E-state index contributed by atoms with van der Waals surface area (Å²) in [6.45, 7) is 0. The predicted molar refractivity (Wildman–Crippen MR) is 76.8 cm³/mol. The molecular formula is C16H13NO4.